The molecule has 28 heteroatoms. The molecular weight excluding hydrogens is 832 g/mol. The summed E-state index contributed by atoms with van der Waals surface area (Å²) in [5, 5.41) is 176. The van der Waals surface area contributed by atoms with Gasteiger partial charge in [-0.2, -0.15) is 0 Å². The van der Waals surface area contributed by atoms with Gasteiger partial charge in [-0.25, -0.2) is 0 Å². The monoisotopic (exact) mass is 892 g/mol. The lowest BCUT2D eigenvalue weighted by Gasteiger charge is -2.43. The summed E-state index contributed by atoms with van der Waals surface area (Å²) >= 11 is 0. The third kappa shape index (κ3) is 15.4. The van der Waals surface area contributed by atoms with Gasteiger partial charge in [-0.05, 0) is 0 Å². The molecule has 356 valence electrons. The van der Waals surface area contributed by atoms with Crippen LogP contribution in [0.5, 0.6) is 0 Å². The summed E-state index contributed by atoms with van der Waals surface area (Å²) in [6.45, 7) is 0.804. The van der Waals surface area contributed by atoms with Crippen LogP contribution in [0.4, 0.5) is 0 Å². The lowest BCUT2D eigenvalue weighted by molar-refractivity contribution is -0.383. The zero-order valence-corrected chi connectivity index (χ0v) is 32.7. The zero-order valence-electron chi connectivity index (χ0n) is 32.7. The average Bonchev–Trinajstić information content (AvgIpc) is 3.58. The molecule has 4 fully saturated rings. The lowest BCUT2D eigenvalue weighted by Crippen LogP contribution is -2.62. The van der Waals surface area contributed by atoms with Gasteiger partial charge in [0.1, 0.15) is 98.7 Å². The van der Waals surface area contributed by atoms with Crippen molar-refractivity contribution in [1.82, 2.24) is 0 Å². The van der Waals surface area contributed by atoms with Gasteiger partial charge in [-0.15, -0.1) is 0 Å². The summed E-state index contributed by atoms with van der Waals surface area (Å²) in [4.78, 5) is 27.7. The van der Waals surface area contributed by atoms with Gasteiger partial charge in [-0.1, -0.05) is 13.8 Å². The van der Waals surface area contributed by atoms with Crippen molar-refractivity contribution in [3.8, 4) is 0 Å². The van der Waals surface area contributed by atoms with Crippen molar-refractivity contribution in [3.05, 3.63) is 0 Å². The topological polar surface area (TPSA) is 491 Å². The SMILES string of the molecule is CC(=O)O.CC(=O)O.CC(C)C(=O)O.OC[C@H]1O[C@@](CO)(O[C@H]2O[C@H](CO)[C@@H](O)[C@H](O)[C@H]2O)[C@@H](O)[C@@H]1O.OC[C@H]1O[C@@](CO)(O[C@H]2O[C@H](CO)[C@@H](O)[C@H](O)[C@H]2O)[C@@H](O)[C@@H]1O. The minimum absolute atomic E-state index is 0.231. The highest BCUT2D eigenvalue weighted by atomic mass is 16.8. The highest BCUT2D eigenvalue weighted by Crippen LogP contribution is 2.37. The minimum atomic E-state index is -2.22. The molecule has 4 aliphatic heterocycles. The molecule has 0 aromatic rings. The fraction of sp³-hybridized carbons (Fsp3) is 0.906. The van der Waals surface area contributed by atoms with E-state index in [1.54, 1.807) is 13.8 Å². The van der Waals surface area contributed by atoms with Gasteiger partial charge in [0, 0.05) is 13.8 Å². The second-order valence-corrected chi connectivity index (χ2v) is 13.6. The molecule has 18 atom stereocenters. The standard InChI is InChI=1S/2C12H22O11.C4H8O2.2C2H4O2/c2*13-1-4-6(16)8(18)9(19)11(21-4)23-12(3-15)10(20)7(17)5(2-14)22-12;1-3(2)4(5)6;2*1-2(3)4/h2*4-11,13-20H,1-3H2;3H,1-2H3,(H,5,6);2*1H3,(H,3,4)/t2*4-,5-,6-,7-,8+,9-,10+,11-,12+;;;/m11.../s1. The maximum Gasteiger partial charge on any atom is 0.305 e. The molecule has 28 nitrogen and oxygen atoms in total. The van der Waals surface area contributed by atoms with Crippen molar-refractivity contribution in [2.45, 2.75) is 137 Å². The number of rotatable bonds is 11. The van der Waals surface area contributed by atoms with Crippen LogP contribution in [0.2, 0.25) is 0 Å². The first-order valence-corrected chi connectivity index (χ1v) is 17.8. The van der Waals surface area contributed by atoms with Crippen molar-refractivity contribution in [2.75, 3.05) is 39.6 Å². The molecule has 4 heterocycles. The molecule has 0 amide bonds. The van der Waals surface area contributed by atoms with E-state index in [0.717, 1.165) is 13.8 Å². The molecule has 19 N–H and O–H groups in total. The van der Waals surface area contributed by atoms with Crippen molar-refractivity contribution in [3.63, 3.8) is 0 Å². The van der Waals surface area contributed by atoms with Gasteiger partial charge < -0.3 is 125 Å². The summed E-state index contributed by atoms with van der Waals surface area (Å²) in [7, 11) is 0. The number of carboxylic acid groups (broad SMARTS) is 3. The van der Waals surface area contributed by atoms with E-state index in [1.807, 2.05) is 0 Å². The summed E-state index contributed by atoms with van der Waals surface area (Å²) in [6, 6.07) is 0. The van der Waals surface area contributed by atoms with Crippen LogP contribution in [0.25, 0.3) is 0 Å². The first-order valence-electron chi connectivity index (χ1n) is 17.8. The first kappa shape index (κ1) is 57.5. The van der Waals surface area contributed by atoms with Crippen LogP contribution in [-0.2, 0) is 42.8 Å². The molecule has 0 bridgehead atoms. The van der Waals surface area contributed by atoms with Crippen molar-refractivity contribution < 1.29 is 140 Å². The van der Waals surface area contributed by atoms with E-state index in [2.05, 4.69) is 0 Å². The van der Waals surface area contributed by atoms with E-state index < -0.39 is 167 Å². The van der Waals surface area contributed by atoms with E-state index in [4.69, 9.17) is 73.8 Å². The highest BCUT2D eigenvalue weighted by Gasteiger charge is 2.59. The lowest BCUT2D eigenvalue weighted by atomic mass is 9.99. The highest BCUT2D eigenvalue weighted by molar-refractivity contribution is 5.68. The predicted octanol–water partition coefficient (Wildman–Crippen LogP) is -9.88. The molecule has 0 aliphatic carbocycles. The Kier molecular flexibility index (Phi) is 25.1. The molecule has 4 aliphatic rings. The van der Waals surface area contributed by atoms with Gasteiger partial charge in [0.05, 0.1) is 32.3 Å². The van der Waals surface area contributed by atoms with Crippen molar-refractivity contribution >= 4 is 17.9 Å². The normalized spacial score (nSPS) is 41.0. The van der Waals surface area contributed by atoms with Gasteiger partial charge in [0.15, 0.2) is 12.6 Å². The molecule has 0 spiro atoms. The van der Waals surface area contributed by atoms with Crippen molar-refractivity contribution in [1.29, 1.82) is 0 Å². The molecule has 4 rings (SSSR count). The fourth-order valence-corrected chi connectivity index (χ4v) is 5.26. The second-order valence-electron chi connectivity index (χ2n) is 13.6. The van der Waals surface area contributed by atoms with E-state index in [1.165, 1.54) is 0 Å². The number of ether oxygens (including phenoxy) is 6. The largest absolute Gasteiger partial charge is 0.481 e. The molecule has 0 radical (unpaired) electrons. The van der Waals surface area contributed by atoms with E-state index in [-0.39, 0.29) is 5.92 Å². The molecule has 0 saturated carbocycles. The minimum Gasteiger partial charge on any atom is -0.481 e. The van der Waals surface area contributed by atoms with Crippen LogP contribution in [0.1, 0.15) is 27.7 Å². The summed E-state index contributed by atoms with van der Waals surface area (Å²) in [5.74, 6) is -7.08. The summed E-state index contributed by atoms with van der Waals surface area (Å²) < 4.78 is 30.9. The van der Waals surface area contributed by atoms with Crippen LogP contribution >= 0.6 is 0 Å². The summed E-state index contributed by atoms with van der Waals surface area (Å²) in [6.07, 6.45) is -25.3. The molecule has 0 unspecified atom stereocenters. The second kappa shape index (κ2) is 26.2. The Bertz CT molecular complexity index is 1170. The number of carbonyl (C=O) groups is 3. The van der Waals surface area contributed by atoms with Gasteiger partial charge in [0.2, 0.25) is 11.6 Å². The predicted molar refractivity (Wildman–Crippen MR) is 186 cm³/mol. The van der Waals surface area contributed by atoms with Crippen LogP contribution in [0, 0.1) is 5.92 Å². The third-order valence-electron chi connectivity index (χ3n) is 8.63. The summed E-state index contributed by atoms with van der Waals surface area (Å²) in [5.41, 5.74) is 0. The van der Waals surface area contributed by atoms with Crippen LogP contribution in [-0.4, -0.2) is 264 Å². The molecule has 4 saturated heterocycles. The van der Waals surface area contributed by atoms with Gasteiger partial charge in [-0.3, -0.25) is 14.4 Å². The van der Waals surface area contributed by atoms with E-state index >= 15 is 0 Å². The Morgan fingerprint density at radius 1 is 0.483 bits per heavy atom. The van der Waals surface area contributed by atoms with Crippen LogP contribution in [0.3, 0.4) is 0 Å². The Morgan fingerprint density at radius 3 is 0.917 bits per heavy atom. The number of aliphatic hydroxyl groups excluding tert-OH is 16. The average molecular weight is 893 g/mol. The maximum absolute atomic E-state index is 10.00. The fourth-order valence-electron chi connectivity index (χ4n) is 5.26. The maximum atomic E-state index is 10.00. The van der Waals surface area contributed by atoms with E-state index in [0.29, 0.717) is 0 Å². The number of hydrogen-bond acceptors (Lipinski definition) is 25. The number of hydrogen-bond donors (Lipinski definition) is 19. The number of aliphatic hydroxyl groups is 16. The molecular formula is C32H60O28. The van der Waals surface area contributed by atoms with Gasteiger partial charge in [0.25, 0.3) is 11.9 Å². The third-order valence-corrected chi connectivity index (χ3v) is 8.63. The zero-order chi connectivity index (χ0) is 47.0. The molecule has 0 aromatic heterocycles. The molecule has 60 heavy (non-hydrogen) atoms. The Hall–Kier alpha value is -2.47. The quantitative estimate of drug-likeness (QED) is 0.0915. The van der Waals surface area contributed by atoms with E-state index in [9.17, 15) is 66.1 Å². The molecule has 0 aromatic carbocycles. The number of carboxylic acids is 3. The van der Waals surface area contributed by atoms with Crippen molar-refractivity contribution in [2.24, 2.45) is 5.92 Å². The first-order chi connectivity index (χ1) is 27.7. The van der Waals surface area contributed by atoms with Gasteiger partial charge >= 0.3 is 5.97 Å². The number of aliphatic carboxylic acids is 3. The Balaban J connectivity index is 0.000000883. The smallest absolute Gasteiger partial charge is 0.305 e. The Labute approximate surface area is 340 Å². The van der Waals surface area contributed by atoms with Crippen LogP contribution < -0.4 is 0 Å². The van der Waals surface area contributed by atoms with Crippen LogP contribution in [0.15, 0.2) is 0 Å². The Morgan fingerprint density at radius 2 is 0.733 bits per heavy atom.